The summed E-state index contributed by atoms with van der Waals surface area (Å²) in [5, 5.41) is 11.7. The van der Waals surface area contributed by atoms with Gasteiger partial charge < -0.3 is 5.11 Å². The molecule has 0 saturated carbocycles. The molecule has 128 valence electrons. The van der Waals surface area contributed by atoms with Crippen LogP contribution in [0.1, 0.15) is 21.5 Å². The fraction of sp³-hybridized carbons (Fsp3) is 0.111. The normalized spacial score (nSPS) is 11.6. The van der Waals surface area contributed by atoms with Crippen LogP contribution in [0.4, 0.5) is 0 Å². The van der Waals surface area contributed by atoms with E-state index in [1.165, 1.54) is 35.6 Å². The minimum Gasteiger partial charge on any atom is -0.481 e. The van der Waals surface area contributed by atoms with Gasteiger partial charge in [-0.1, -0.05) is 0 Å². The molecular formula is C18H14O5S2. The number of thiophene rings is 1. The molecule has 0 aliphatic heterocycles. The highest BCUT2D eigenvalue weighted by molar-refractivity contribution is 7.90. The fourth-order valence-electron chi connectivity index (χ4n) is 2.60. The number of carboxylic acids is 1. The maximum absolute atomic E-state index is 12.9. The monoisotopic (exact) mass is 374 g/mol. The number of carbonyl (C=O) groups excluding carboxylic acids is 1. The quantitative estimate of drug-likeness (QED) is 0.693. The van der Waals surface area contributed by atoms with Gasteiger partial charge in [0.2, 0.25) is 0 Å². The van der Waals surface area contributed by atoms with Crippen LogP contribution in [0.15, 0.2) is 52.7 Å². The highest BCUT2D eigenvalue weighted by Crippen LogP contribution is 2.29. The second-order valence-corrected chi connectivity index (χ2v) is 8.61. The summed E-state index contributed by atoms with van der Waals surface area (Å²) >= 11 is 1.41. The molecule has 0 amide bonds. The topological polar surface area (TPSA) is 88.5 Å². The van der Waals surface area contributed by atoms with E-state index < -0.39 is 15.8 Å². The molecule has 0 fully saturated rings. The second kappa shape index (κ2) is 6.42. The molecular weight excluding hydrogens is 360 g/mol. The number of ketones is 1. The van der Waals surface area contributed by atoms with E-state index in [1.54, 1.807) is 12.1 Å². The molecule has 1 N–H and O–H groups in total. The zero-order valence-corrected chi connectivity index (χ0v) is 14.9. The van der Waals surface area contributed by atoms with Crippen LogP contribution in [0.5, 0.6) is 0 Å². The number of benzene rings is 2. The van der Waals surface area contributed by atoms with E-state index in [0.29, 0.717) is 16.7 Å². The van der Waals surface area contributed by atoms with Crippen molar-refractivity contribution in [2.24, 2.45) is 0 Å². The van der Waals surface area contributed by atoms with Gasteiger partial charge in [0.1, 0.15) is 0 Å². The third-order valence-corrected chi connectivity index (χ3v) is 5.85. The predicted octanol–water partition coefficient (Wildman–Crippen LogP) is 3.16. The van der Waals surface area contributed by atoms with E-state index >= 15 is 0 Å². The molecule has 0 atom stereocenters. The Labute approximate surface area is 148 Å². The minimum atomic E-state index is -3.33. The van der Waals surface area contributed by atoms with Gasteiger partial charge in [-0.05, 0) is 58.8 Å². The average Bonchev–Trinajstić information content (AvgIpc) is 3.00. The highest BCUT2D eigenvalue weighted by Gasteiger charge is 2.17. The molecule has 0 radical (unpaired) electrons. The van der Waals surface area contributed by atoms with E-state index in [0.717, 1.165) is 16.3 Å². The Morgan fingerprint density at radius 1 is 1.08 bits per heavy atom. The van der Waals surface area contributed by atoms with E-state index in [2.05, 4.69) is 0 Å². The number of sulfone groups is 1. The summed E-state index contributed by atoms with van der Waals surface area (Å²) in [7, 11) is -3.33. The number of carbonyl (C=O) groups is 2. The number of aliphatic carboxylic acids is 1. The van der Waals surface area contributed by atoms with Crippen LogP contribution in [-0.2, 0) is 21.1 Å². The smallest absolute Gasteiger partial charge is 0.307 e. The molecule has 0 aliphatic rings. The molecule has 7 heteroatoms. The number of carboxylic acid groups (broad SMARTS) is 1. The Bertz CT molecular complexity index is 1080. The van der Waals surface area contributed by atoms with E-state index in [-0.39, 0.29) is 17.1 Å². The third-order valence-electron chi connectivity index (χ3n) is 3.76. The lowest BCUT2D eigenvalue weighted by atomic mass is 9.98. The zero-order chi connectivity index (χ0) is 18.2. The summed E-state index contributed by atoms with van der Waals surface area (Å²) in [4.78, 5) is 24.0. The van der Waals surface area contributed by atoms with Crippen LogP contribution < -0.4 is 0 Å². The van der Waals surface area contributed by atoms with Gasteiger partial charge in [0.15, 0.2) is 15.6 Å². The van der Waals surface area contributed by atoms with Gasteiger partial charge >= 0.3 is 5.97 Å². The lowest BCUT2D eigenvalue weighted by Crippen LogP contribution is -2.06. The van der Waals surface area contributed by atoms with Crippen LogP contribution in [0.25, 0.3) is 10.1 Å². The van der Waals surface area contributed by atoms with Crippen LogP contribution in [0.3, 0.4) is 0 Å². The molecule has 3 rings (SSSR count). The standard InChI is InChI=1S/C18H14O5S2/c1-25(22,23)14-4-2-12(3-5-14)17(21)15-9-11(10-16(19)20)8-13-6-7-24-18(13)15/h2-9H,10H2,1H3,(H,19,20). The van der Waals surface area contributed by atoms with Crippen molar-refractivity contribution < 1.29 is 23.1 Å². The van der Waals surface area contributed by atoms with Crippen LogP contribution in [-0.4, -0.2) is 31.5 Å². The first-order valence-corrected chi connectivity index (χ1v) is 10.1. The first-order chi connectivity index (χ1) is 11.8. The molecule has 1 aromatic heterocycles. The van der Waals surface area contributed by atoms with E-state index in [4.69, 9.17) is 5.11 Å². The Balaban J connectivity index is 2.07. The SMILES string of the molecule is CS(=O)(=O)c1ccc(C(=O)c2cc(CC(=O)O)cc3ccsc23)cc1. The number of rotatable bonds is 5. The van der Waals surface area contributed by atoms with Crippen molar-refractivity contribution in [2.75, 3.05) is 6.26 Å². The van der Waals surface area contributed by atoms with E-state index in [9.17, 15) is 18.0 Å². The molecule has 0 bridgehead atoms. The maximum Gasteiger partial charge on any atom is 0.307 e. The first-order valence-electron chi connectivity index (χ1n) is 7.32. The first kappa shape index (κ1) is 17.3. The summed E-state index contributed by atoms with van der Waals surface area (Å²) in [6.45, 7) is 0. The van der Waals surface area contributed by atoms with Crippen molar-refractivity contribution in [3.8, 4) is 0 Å². The summed E-state index contributed by atoms with van der Waals surface area (Å²) in [6, 6.07) is 11.0. The lowest BCUT2D eigenvalue weighted by molar-refractivity contribution is -0.136. The van der Waals surface area contributed by atoms with Gasteiger partial charge in [-0.15, -0.1) is 11.3 Å². The Morgan fingerprint density at radius 2 is 1.76 bits per heavy atom. The minimum absolute atomic E-state index is 0.143. The van der Waals surface area contributed by atoms with Crippen LogP contribution >= 0.6 is 11.3 Å². The van der Waals surface area contributed by atoms with E-state index in [1.807, 2.05) is 11.4 Å². The lowest BCUT2D eigenvalue weighted by Gasteiger charge is -2.07. The molecule has 25 heavy (non-hydrogen) atoms. The van der Waals surface area contributed by atoms with Gasteiger partial charge in [0.05, 0.1) is 11.3 Å². The zero-order valence-electron chi connectivity index (χ0n) is 13.2. The number of hydrogen-bond donors (Lipinski definition) is 1. The molecule has 1 heterocycles. The molecule has 0 aliphatic carbocycles. The fourth-order valence-corrected chi connectivity index (χ4v) is 4.12. The van der Waals surface area contributed by atoms with Gasteiger partial charge in [-0.2, -0.15) is 0 Å². The molecule has 3 aromatic rings. The maximum atomic E-state index is 12.9. The molecule has 2 aromatic carbocycles. The highest BCUT2D eigenvalue weighted by atomic mass is 32.2. The predicted molar refractivity (Wildman–Crippen MR) is 96.1 cm³/mol. The van der Waals surface area contributed by atoms with Gasteiger partial charge in [0, 0.05) is 22.1 Å². The van der Waals surface area contributed by atoms with Crippen molar-refractivity contribution in [3.63, 3.8) is 0 Å². The van der Waals surface area contributed by atoms with Gasteiger partial charge in [-0.25, -0.2) is 8.42 Å². The summed E-state index contributed by atoms with van der Waals surface area (Å²) in [6.07, 6.45) is 0.938. The van der Waals surface area contributed by atoms with Crippen molar-refractivity contribution in [2.45, 2.75) is 11.3 Å². The average molecular weight is 374 g/mol. The molecule has 0 saturated heterocycles. The second-order valence-electron chi connectivity index (χ2n) is 5.68. The molecule has 0 spiro atoms. The summed E-state index contributed by atoms with van der Waals surface area (Å²) < 4.78 is 23.8. The van der Waals surface area contributed by atoms with Crippen molar-refractivity contribution in [1.82, 2.24) is 0 Å². The largest absolute Gasteiger partial charge is 0.481 e. The summed E-state index contributed by atoms with van der Waals surface area (Å²) in [5.74, 6) is -1.23. The number of hydrogen-bond acceptors (Lipinski definition) is 5. The Kier molecular flexibility index (Phi) is 4.45. The van der Waals surface area contributed by atoms with Gasteiger partial charge in [0.25, 0.3) is 0 Å². The Morgan fingerprint density at radius 3 is 2.36 bits per heavy atom. The number of fused-ring (bicyclic) bond motifs is 1. The van der Waals surface area contributed by atoms with Crippen LogP contribution in [0, 0.1) is 0 Å². The Hall–Kier alpha value is -2.51. The van der Waals surface area contributed by atoms with Gasteiger partial charge in [-0.3, -0.25) is 9.59 Å². The van der Waals surface area contributed by atoms with Crippen molar-refractivity contribution in [3.05, 3.63) is 64.5 Å². The van der Waals surface area contributed by atoms with Crippen molar-refractivity contribution in [1.29, 1.82) is 0 Å². The summed E-state index contributed by atoms with van der Waals surface area (Å²) in [5.41, 5.74) is 1.33. The van der Waals surface area contributed by atoms with Crippen LogP contribution in [0.2, 0.25) is 0 Å². The third kappa shape index (κ3) is 3.62. The molecule has 5 nitrogen and oxygen atoms in total. The molecule has 0 unspecified atom stereocenters. The van der Waals surface area contributed by atoms with Crippen molar-refractivity contribution >= 4 is 43.0 Å².